The zero-order chi connectivity index (χ0) is 18.7. The molecule has 1 saturated heterocycles. The highest BCUT2D eigenvalue weighted by Gasteiger charge is 2.40. The Balaban J connectivity index is 1.75. The van der Waals surface area contributed by atoms with Crippen molar-refractivity contribution in [2.24, 2.45) is 0 Å². The number of nitrogens with zero attached hydrogens (tertiary/aromatic N) is 1. The molecular weight excluding hydrogens is 337 g/mol. The van der Waals surface area contributed by atoms with E-state index in [0.29, 0.717) is 24.2 Å². The van der Waals surface area contributed by atoms with Gasteiger partial charge in [-0.2, -0.15) is 0 Å². The molecule has 1 aromatic rings. The SMILES string of the molecule is CCCCCCNc1cc(F)cc2c1CN(C1CCC(=O)NC1=O)C2=O. The first-order valence-electron chi connectivity index (χ1n) is 9.22. The third kappa shape index (κ3) is 3.71. The van der Waals surface area contributed by atoms with Gasteiger partial charge in [-0.3, -0.25) is 19.7 Å². The van der Waals surface area contributed by atoms with Crippen LogP contribution in [0.3, 0.4) is 0 Å². The first-order chi connectivity index (χ1) is 12.5. The molecule has 2 N–H and O–H groups in total. The first-order valence-corrected chi connectivity index (χ1v) is 9.22. The van der Waals surface area contributed by atoms with Crippen LogP contribution in [0.2, 0.25) is 0 Å². The molecule has 140 valence electrons. The monoisotopic (exact) mass is 361 g/mol. The number of unbranched alkanes of at least 4 members (excludes halogenated alkanes) is 3. The number of nitrogens with one attached hydrogen (secondary N) is 2. The summed E-state index contributed by atoms with van der Waals surface area (Å²) in [4.78, 5) is 37.6. The average molecular weight is 361 g/mol. The summed E-state index contributed by atoms with van der Waals surface area (Å²) in [6.07, 6.45) is 4.88. The molecule has 26 heavy (non-hydrogen) atoms. The van der Waals surface area contributed by atoms with Gasteiger partial charge in [0.15, 0.2) is 0 Å². The molecule has 6 nitrogen and oxygen atoms in total. The van der Waals surface area contributed by atoms with Crippen LogP contribution in [0.15, 0.2) is 12.1 Å². The Morgan fingerprint density at radius 1 is 1.23 bits per heavy atom. The summed E-state index contributed by atoms with van der Waals surface area (Å²) in [5, 5.41) is 5.51. The normalized spacial score (nSPS) is 19.5. The topological polar surface area (TPSA) is 78.5 Å². The summed E-state index contributed by atoms with van der Waals surface area (Å²) < 4.78 is 14.0. The van der Waals surface area contributed by atoms with Crippen LogP contribution < -0.4 is 10.6 Å². The highest BCUT2D eigenvalue weighted by atomic mass is 19.1. The van der Waals surface area contributed by atoms with Gasteiger partial charge in [0.25, 0.3) is 5.91 Å². The van der Waals surface area contributed by atoms with Crippen molar-refractivity contribution in [2.75, 3.05) is 11.9 Å². The fraction of sp³-hybridized carbons (Fsp3) is 0.526. The fourth-order valence-electron chi connectivity index (χ4n) is 3.56. The lowest BCUT2D eigenvalue weighted by Crippen LogP contribution is -2.52. The minimum Gasteiger partial charge on any atom is -0.385 e. The van der Waals surface area contributed by atoms with Gasteiger partial charge in [0.2, 0.25) is 11.8 Å². The Hall–Kier alpha value is -2.44. The number of fused-ring (bicyclic) bond motifs is 1. The number of imide groups is 1. The number of anilines is 1. The lowest BCUT2D eigenvalue weighted by atomic mass is 10.0. The zero-order valence-corrected chi connectivity index (χ0v) is 14.9. The Labute approximate surface area is 152 Å². The molecule has 3 rings (SSSR count). The molecule has 1 aromatic carbocycles. The van der Waals surface area contributed by atoms with Crippen molar-refractivity contribution in [3.05, 3.63) is 29.1 Å². The predicted molar refractivity (Wildman–Crippen MR) is 95.1 cm³/mol. The maximum Gasteiger partial charge on any atom is 0.255 e. The van der Waals surface area contributed by atoms with Gasteiger partial charge < -0.3 is 10.2 Å². The second kappa shape index (κ2) is 7.85. The standard InChI is InChI=1S/C19H24FN3O3/c1-2-3-4-5-8-21-15-10-12(20)9-13-14(15)11-23(19(13)26)16-6-7-17(24)22-18(16)25/h9-10,16,21H,2-8,11H2,1H3,(H,22,24,25). The Morgan fingerprint density at radius 2 is 2.04 bits per heavy atom. The number of carbonyl (C=O) groups is 3. The Kier molecular flexibility index (Phi) is 5.54. The van der Waals surface area contributed by atoms with Crippen LogP contribution in [0.1, 0.15) is 61.4 Å². The van der Waals surface area contributed by atoms with Crippen LogP contribution in [0, 0.1) is 5.82 Å². The molecule has 0 saturated carbocycles. The van der Waals surface area contributed by atoms with Crippen molar-refractivity contribution < 1.29 is 18.8 Å². The zero-order valence-electron chi connectivity index (χ0n) is 14.9. The Bertz CT molecular complexity index is 735. The summed E-state index contributed by atoms with van der Waals surface area (Å²) in [6.45, 7) is 3.10. The number of carbonyl (C=O) groups excluding carboxylic acids is 3. The van der Waals surface area contributed by atoms with Crippen molar-refractivity contribution in [1.82, 2.24) is 10.2 Å². The van der Waals surface area contributed by atoms with Gasteiger partial charge in [0.05, 0.1) is 0 Å². The summed E-state index contributed by atoms with van der Waals surface area (Å²) in [7, 11) is 0. The molecule has 7 heteroatoms. The highest BCUT2D eigenvalue weighted by Crippen LogP contribution is 2.33. The number of benzene rings is 1. The van der Waals surface area contributed by atoms with Gasteiger partial charge in [-0.15, -0.1) is 0 Å². The second-order valence-electron chi connectivity index (χ2n) is 6.87. The molecule has 0 aromatic heterocycles. The molecule has 0 aliphatic carbocycles. The number of hydrogen-bond donors (Lipinski definition) is 2. The molecule has 2 aliphatic heterocycles. The minimum atomic E-state index is -0.687. The van der Waals surface area contributed by atoms with E-state index in [1.54, 1.807) is 0 Å². The number of halogens is 1. The number of piperidine rings is 1. The van der Waals surface area contributed by atoms with E-state index in [9.17, 15) is 18.8 Å². The van der Waals surface area contributed by atoms with Crippen molar-refractivity contribution in [3.8, 4) is 0 Å². The fourth-order valence-corrected chi connectivity index (χ4v) is 3.56. The second-order valence-corrected chi connectivity index (χ2v) is 6.87. The van der Waals surface area contributed by atoms with Crippen LogP contribution in [0.5, 0.6) is 0 Å². The van der Waals surface area contributed by atoms with Gasteiger partial charge in [0.1, 0.15) is 11.9 Å². The molecule has 3 amide bonds. The van der Waals surface area contributed by atoms with Crippen LogP contribution in [-0.2, 0) is 16.1 Å². The van der Waals surface area contributed by atoms with E-state index < -0.39 is 17.8 Å². The average Bonchev–Trinajstić information content (AvgIpc) is 2.92. The van der Waals surface area contributed by atoms with Crippen LogP contribution in [-0.4, -0.2) is 35.2 Å². The van der Waals surface area contributed by atoms with Crippen molar-refractivity contribution in [3.63, 3.8) is 0 Å². The maximum atomic E-state index is 14.0. The molecule has 0 radical (unpaired) electrons. The maximum absolute atomic E-state index is 14.0. The Morgan fingerprint density at radius 3 is 2.77 bits per heavy atom. The van der Waals surface area contributed by atoms with Gasteiger partial charge in [-0.1, -0.05) is 26.2 Å². The van der Waals surface area contributed by atoms with Crippen molar-refractivity contribution >= 4 is 23.4 Å². The van der Waals surface area contributed by atoms with E-state index in [1.165, 1.54) is 17.0 Å². The molecular formula is C19H24FN3O3. The number of hydrogen-bond acceptors (Lipinski definition) is 4. The highest BCUT2D eigenvalue weighted by molar-refractivity contribution is 6.06. The third-order valence-electron chi connectivity index (χ3n) is 4.97. The van der Waals surface area contributed by atoms with Crippen LogP contribution in [0.4, 0.5) is 10.1 Å². The van der Waals surface area contributed by atoms with Crippen molar-refractivity contribution in [1.29, 1.82) is 0 Å². The van der Waals surface area contributed by atoms with E-state index >= 15 is 0 Å². The predicted octanol–water partition coefficient (Wildman–Crippen LogP) is 2.58. The third-order valence-corrected chi connectivity index (χ3v) is 4.97. The van der Waals surface area contributed by atoms with E-state index in [1.807, 2.05) is 0 Å². The molecule has 1 unspecified atom stereocenters. The molecule has 2 aliphatic rings. The van der Waals surface area contributed by atoms with Crippen LogP contribution in [0.25, 0.3) is 0 Å². The largest absolute Gasteiger partial charge is 0.385 e. The van der Waals surface area contributed by atoms with Crippen LogP contribution >= 0.6 is 0 Å². The lowest BCUT2D eigenvalue weighted by molar-refractivity contribution is -0.136. The van der Waals surface area contributed by atoms with Gasteiger partial charge in [-0.05, 0) is 25.0 Å². The van der Waals surface area contributed by atoms with E-state index in [2.05, 4.69) is 17.6 Å². The molecule has 0 bridgehead atoms. The molecule has 0 spiro atoms. The van der Waals surface area contributed by atoms with E-state index in [-0.39, 0.29) is 24.8 Å². The van der Waals surface area contributed by atoms with E-state index in [0.717, 1.165) is 31.2 Å². The number of amides is 3. The van der Waals surface area contributed by atoms with Crippen molar-refractivity contribution in [2.45, 2.75) is 58.0 Å². The quantitative estimate of drug-likeness (QED) is 0.578. The first kappa shape index (κ1) is 18.4. The summed E-state index contributed by atoms with van der Waals surface area (Å²) in [5.74, 6) is -1.62. The van der Waals surface area contributed by atoms with Gasteiger partial charge >= 0.3 is 0 Å². The molecule has 1 fully saturated rings. The molecule has 2 heterocycles. The summed E-state index contributed by atoms with van der Waals surface area (Å²) in [5.41, 5.74) is 1.63. The number of rotatable bonds is 7. The molecule has 1 atom stereocenters. The van der Waals surface area contributed by atoms with E-state index in [4.69, 9.17) is 0 Å². The summed E-state index contributed by atoms with van der Waals surface area (Å²) in [6, 6.07) is 1.94. The smallest absolute Gasteiger partial charge is 0.255 e. The minimum absolute atomic E-state index is 0.202. The van der Waals surface area contributed by atoms with Gasteiger partial charge in [0, 0.05) is 36.3 Å². The summed E-state index contributed by atoms with van der Waals surface area (Å²) >= 11 is 0. The lowest BCUT2D eigenvalue weighted by Gasteiger charge is -2.29. The van der Waals surface area contributed by atoms with Gasteiger partial charge in [-0.25, -0.2) is 4.39 Å².